The molecule has 7 nitrogen and oxygen atoms in total. The number of sulfonamides is 1. The van der Waals surface area contributed by atoms with Crippen molar-refractivity contribution in [1.29, 1.82) is 0 Å². The van der Waals surface area contributed by atoms with E-state index in [1.54, 1.807) is 18.2 Å². The summed E-state index contributed by atoms with van der Waals surface area (Å²) in [4.78, 5) is 29.7. The highest BCUT2D eigenvalue weighted by Crippen LogP contribution is 2.31. The fraction of sp³-hybridized carbons (Fsp3) is 0.235. The summed E-state index contributed by atoms with van der Waals surface area (Å²) in [6.45, 7) is 5.15. The third-order valence-electron chi connectivity index (χ3n) is 6.94. The molecular weight excluding hydrogens is 617 g/mol. The van der Waals surface area contributed by atoms with E-state index in [1.807, 2.05) is 75.4 Å². The minimum Gasteiger partial charge on any atom is -0.352 e. The standard InChI is InChI=1S/C34H35Cl2N3O4S/c1-24(2)37-34(41)32(20-26-12-6-4-7-13-26)38(22-27-14-10-11-25(3)19-27)33(40)23-39(28-17-18-30(35)31(36)21-28)44(42,43)29-15-8-5-9-16-29/h4-19,21,24,32H,20,22-23H2,1-3H3,(H,37,41). The number of carbonyl (C=O) groups excluding carboxylic acids is 2. The predicted molar refractivity (Wildman–Crippen MR) is 176 cm³/mol. The van der Waals surface area contributed by atoms with Gasteiger partial charge in [-0.2, -0.15) is 0 Å². The van der Waals surface area contributed by atoms with Gasteiger partial charge in [0, 0.05) is 19.0 Å². The van der Waals surface area contributed by atoms with Crippen molar-refractivity contribution < 1.29 is 18.0 Å². The van der Waals surface area contributed by atoms with Gasteiger partial charge in [-0.05, 0) is 62.2 Å². The monoisotopic (exact) mass is 651 g/mol. The van der Waals surface area contributed by atoms with Crippen LogP contribution in [-0.4, -0.2) is 43.8 Å². The number of nitrogens with one attached hydrogen (secondary N) is 1. The molecule has 0 spiro atoms. The lowest BCUT2D eigenvalue weighted by Crippen LogP contribution is -2.54. The Bertz CT molecular complexity index is 1700. The Hall–Kier alpha value is -3.85. The number of rotatable bonds is 12. The molecule has 0 aromatic heterocycles. The van der Waals surface area contributed by atoms with Gasteiger partial charge in [0.1, 0.15) is 12.6 Å². The Morgan fingerprint density at radius 3 is 2.05 bits per heavy atom. The van der Waals surface area contributed by atoms with Crippen molar-refractivity contribution in [2.45, 2.75) is 50.7 Å². The van der Waals surface area contributed by atoms with Crippen LogP contribution in [0.1, 0.15) is 30.5 Å². The third-order valence-corrected chi connectivity index (χ3v) is 9.47. The molecule has 4 rings (SSSR count). The van der Waals surface area contributed by atoms with Crippen molar-refractivity contribution in [3.8, 4) is 0 Å². The number of benzene rings is 4. The minimum atomic E-state index is -4.23. The molecule has 0 radical (unpaired) electrons. The van der Waals surface area contributed by atoms with E-state index in [2.05, 4.69) is 5.32 Å². The number of anilines is 1. The van der Waals surface area contributed by atoms with Crippen LogP contribution in [0.5, 0.6) is 0 Å². The summed E-state index contributed by atoms with van der Waals surface area (Å²) in [5.74, 6) is -0.895. The molecule has 0 heterocycles. The van der Waals surface area contributed by atoms with E-state index in [0.29, 0.717) is 0 Å². The van der Waals surface area contributed by atoms with E-state index in [1.165, 1.54) is 35.2 Å². The molecule has 44 heavy (non-hydrogen) atoms. The quantitative estimate of drug-likeness (QED) is 0.186. The molecule has 4 aromatic rings. The second-order valence-corrected chi connectivity index (χ2v) is 13.5. The van der Waals surface area contributed by atoms with Gasteiger partial charge in [-0.3, -0.25) is 13.9 Å². The number of carbonyl (C=O) groups is 2. The van der Waals surface area contributed by atoms with Gasteiger partial charge in [0.05, 0.1) is 20.6 Å². The van der Waals surface area contributed by atoms with Crippen molar-refractivity contribution in [2.75, 3.05) is 10.8 Å². The van der Waals surface area contributed by atoms with Crippen LogP contribution < -0.4 is 9.62 Å². The van der Waals surface area contributed by atoms with Gasteiger partial charge in [-0.25, -0.2) is 8.42 Å². The molecule has 230 valence electrons. The summed E-state index contributed by atoms with van der Waals surface area (Å²) in [7, 11) is -4.23. The Balaban J connectivity index is 1.82. The Morgan fingerprint density at radius 1 is 0.795 bits per heavy atom. The van der Waals surface area contributed by atoms with E-state index < -0.39 is 28.5 Å². The summed E-state index contributed by atoms with van der Waals surface area (Å²) >= 11 is 12.5. The summed E-state index contributed by atoms with van der Waals surface area (Å²) in [6.07, 6.45) is 0.231. The molecule has 10 heteroatoms. The highest BCUT2D eigenvalue weighted by atomic mass is 35.5. The summed E-state index contributed by atoms with van der Waals surface area (Å²) in [5, 5.41) is 3.34. The van der Waals surface area contributed by atoms with Gasteiger partial charge in [-0.1, -0.05) is 102 Å². The maximum absolute atomic E-state index is 14.4. The molecule has 1 N–H and O–H groups in total. The largest absolute Gasteiger partial charge is 0.352 e. The topological polar surface area (TPSA) is 86.8 Å². The van der Waals surface area contributed by atoms with Gasteiger partial charge in [0.2, 0.25) is 11.8 Å². The highest BCUT2D eigenvalue weighted by Gasteiger charge is 2.35. The smallest absolute Gasteiger partial charge is 0.264 e. The van der Waals surface area contributed by atoms with Crippen LogP contribution in [0.3, 0.4) is 0 Å². The first-order chi connectivity index (χ1) is 21.0. The lowest BCUT2D eigenvalue weighted by Gasteiger charge is -2.34. The molecule has 0 fully saturated rings. The van der Waals surface area contributed by atoms with Crippen LogP contribution in [0.25, 0.3) is 0 Å². The van der Waals surface area contributed by atoms with Crippen LogP contribution in [0.4, 0.5) is 5.69 Å². The van der Waals surface area contributed by atoms with E-state index in [0.717, 1.165) is 21.0 Å². The lowest BCUT2D eigenvalue weighted by atomic mass is 10.0. The number of nitrogens with zero attached hydrogens (tertiary/aromatic N) is 2. The number of hydrogen-bond donors (Lipinski definition) is 1. The molecule has 1 atom stereocenters. The number of amides is 2. The highest BCUT2D eigenvalue weighted by molar-refractivity contribution is 7.92. The van der Waals surface area contributed by atoms with Crippen LogP contribution in [0, 0.1) is 6.92 Å². The van der Waals surface area contributed by atoms with E-state index in [9.17, 15) is 18.0 Å². The summed E-state index contributed by atoms with van der Waals surface area (Å²) in [5.41, 5.74) is 2.82. The fourth-order valence-corrected chi connectivity index (χ4v) is 6.55. The van der Waals surface area contributed by atoms with Crippen LogP contribution in [-0.2, 0) is 32.6 Å². The summed E-state index contributed by atoms with van der Waals surface area (Å²) < 4.78 is 29.1. The molecule has 4 aromatic carbocycles. The van der Waals surface area contributed by atoms with E-state index >= 15 is 0 Å². The minimum absolute atomic E-state index is 0.00231. The zero-order chi connectivity index (χ0) is 31.9. The van der Waals surface area contributed by atoms with Gasteiger partial charge >= 0.3 is 0 Å². The van der Waals surface area contributed by atoms with Crippen molar-refractivity contribution in [2.24, 2.45) is 0 Å². The average molecular weight is 653 g/mol. The molecule has 0 aliphatic heterocycles. The van der Waals surface area contributed by atoms with Crippen molar-refractivity contribution in [3.05, 3.63) is 130 Å². The van der Waals surface area contributed by atoms with Crippen molar-refractivity contribution in [3.63, 3.8) is 0 Å². The van der Waals surface area contributed by atoms with Crippen molar-refractivity contribution >= 4 is 50.7 Å². The number of hydrogen-bond acceptors (Lipinski definition) is 4. The zero-order valence-electron chi connectivity index (χ0n) is 24.8. The van der Waals surface area contributed by atoms with Crippen molar-refractivity contribution in [1.82, 2.24) is 10.2 Å². The number of halogens is 2. The van der Waals surface area contributed by atoms with Gasteiger partial charge in [0.25, 0.3) is 10.0 Å². The molecule has 0 aliphatic carbocycles. The van der Waals surface area contributed by atoms with Crippen LogP contribution in [0.2, 0.25) is 10.0 Å². The first-order valence-corrected chi connectivity index (χ1v) is 16.4. The molecule has 1 unspecified atom stereocenters. The maximum atomic E-state index is 14.4. The Labute approximate surface area is 269 Å². The third kappa shape index (κ3) is 8.40. The first-order valence-electron chi connectivity index (χ1n) is 14.2. The molecule has 0 saturated heterocycles. The first kappa shape index (κ1) is 33.1. The Morgan fingerprint density at radius 2 is 1.43 bits per heavy atom. The molecule has 0 bridgehead atoms. The van der Waals surface area contributed by atoms with E-state index in [-0.39, 0.29) is 45.5 Å². The predicted octanol–water partition coefficient (Wildman–Crippen LogP) is 6.66. The maximum Gasteiger partial charge on any atom is 0.264 e. The molecule has 2 amide bonds. The molecule has 0 aliphatic rings. The summed E-state index contributed by atoms with van der Waals surface area (Å²) in [6, 6.07) is 28.2. The molecular formula is C34H35Cl2N3O4S. The van der Waals surface area contributed by atoms with Crippen LogP contribution >= 0.6 is 23.2 Å². The normalized spacial score (nSPS) is 12.0. The lowest BCUT2D eigenvalue weighted by molar-refractivity contribution is -0.140. The van der Waals surface area contributed by atoms with E-state index in [4.69, 9.17) is 23.2 Å². The van der Waals surface area contributed by atoms with Gasteiger partial charge in [0.15, 0.2) is 0 Å². The van der Waals surface area contributed by atoms with Crippen LogP contribution in [0.15, 0.2) is 108 Å². The fourth-order valence-electron chi connectivity index (χ4n) is 4.83. The van der Waals surface area contributed by atoms with Gasteiger partial charge < -0.3 is 10.2 Å². The SMILES string of the molecule is Cc1cccc(CN(C(=O)CN(c2ccc(Cl)c(Cl)c2)S(=O)(=O)c2ccccc2)C(Cc2ccccc2)C(=O)NC(C)C)c1. The van der Waals surface area contributed by atoms with Gasteiger partial charge in [-0.15, -0.1) is 0 Å². The Kier molecular flexibility index (Phi) is 11.1. The number of aryl methyl sites for hydroxylation is 1. The second kappa shape index (κ2) is 14.8. The average Bonchev–Trinajstić information content (AvgIpc) is 2.99. The zero-order valence-corrected chi connectivity index (χ0v) is 27.1. The second-order valence-electron chi connectivity index (χ2n) is 10.8. The molecule has 0 saturated carbocycles.